The molecule has 18 heavy (non-hydrogen) atoms. The normalized spacial score (nSPS) is 14.8. The van der Waals surface area contributed by atoms with Crippen LogP contribution in [0, 0.1) is 0 Å². The Morgan fingerprint density at radius 2 is 1.67 bits per heavy atom. The topological polar surface area (TPSA) is 21.6 Å². The molecule has 0 unspecified atom stereocenters. The van der Waals surface area contributed by atoms with Gasteiger partial charge in [-0.05, 0) is 30.5 Å². The number of hydrogen-bond donors (Lipinski definition) is 0. The Morgan fingerprint density at radius 1 is 0.889 bits per heavy atom. The zero-order chi connectivity index (χ0) is 12.2. The molecule has 0 aliphatic carbocycles. The van der Waals surface area contributed by atoms with E-state index in [9.17, 15) is 0 Å². The van der Waals surface area contributed by atoms with Crippen LogP contribution in [0.1, 0.15) is 18.4 Å². The molecule has 0 amide bonds. The summed E-state index contributed by atoms with van der Waals surface area (Å²) in [5.74, 6) is 0.880. The van der Waals surface area contributed by atoms with E-state index < -0.39 is 0 Å². The van der Waals surface area contributed by atoms with Crippen LogP contribution in [0.15, 0.2) is 59.6 Å². The standard InChI is InChI=1S/C16H15NO/c1-2-7-13(8-3-1)14-10-6-12-18-16-11-5-4-9-15(16)17-14/h1-5,7-9,11H,6,10,12H2. The Morgan fingerprint density at radius 3 is 2.56 bits per heavy atom. The van der Waals surface area contributed by atoms with E-state index in [1.165, 1.54) is 5.56 Å². The highest BCUT2D eigenvalue weighted by atomic mass is 16.5. The second-order valence-corrected chi connectivity index (χ2v) is 4.34. The fourth-order valence-corrected chi connectivity index (χ4v) is 2.13. The van der Waals surface area contributed by atoms with E-state index in [0.29, 0.717) is 0 Å². The van der Waals surface area contributed by atoms with Gasteiger partial charge in [0.25, 0.3) is 0 Å². The van der Waals surface area contributed by atoms with Gasteiger partial charge in [0.15, 0.2) is 0 Å². The van der Waals surface area contributed by atoms with Crippen molar-refractivity contribution in [2.75, 3.05) is 6.61 Å². The van der Waals surface area contributed by atoms with E-state index in [2.05, 4.69) is 24.3 Å². The summed E-state index contributed by atoms with van der Waals surface area (Å²) in [6.07, 6.45) is 1.96. The molecule has 90 valence electrons. The Labute approximate surface area is 107 Å². The lowest BCUT2D eigenvalue weighted by Gasteiger charge is -2.14. The second-order valence-electron chi connectivity index (χ2n) is 4.34. The number of benzene rings is 2. The molecule has 0 saturated carbocycles. The Balaban J connectivity index is 2.05. The average Bonchev–Trinajstić information content (AvgIpc) is 2.41. The highest BCUT2D eigenvalue weighted by Gasteiger charge is 2.10. The number of hydrogen-bond acceptors (Lipinski definition) is 2. The van der Waals surface area contributed by atoms with Crippen LogP contribution in [-0.2, 0) is 0 Å². The van der Waals surface area contributed by atoms with Crippen molar-refractivity contribution in [1.82, 2.24) is 0 Å². The summed E-state index contributed by atoms with van der Waals surface area (Å²) in [5.41, 5.74) is 3.27. The Kier molecular flexibility index (Phi) is 3.09. The highest BCUT2D eigenvalue weighted by Crippen LogP contribution is 2.29. The van der Waals surface area contributed by atoms with Crippen molar-refractivity contribution in [3.63, 3.8) is 0 Å². The summed E-state index contributed by atoms with van der Waals surface area (Å²) in [6.45, 7) is 0.753. The molecule has 0 N–H and O–H groups in total. The number of ether oxygens (including phenoxy) is 1. The van der Waals surface area contributed by atoms with Gasteiger partial charge in [0.1, 0.15) is 11.4 Å². The third kappa shape index (κ3) is 2.28. The number of aliphatic imine (C=N–C) groups is 1. The van der Waals surface area contributed by atoms with Crippen LogP contribution in [-0.4, -0.2) is 12.3 Å². The Hall–Kier alpha value is -2.09. The van der Waals surface area contributed by atoms with Gasteiger partial charge in [-0.25, -0.2) is 4.99 Å². The van der Waals surface area contributed by atoms with E-state index in [0.717, 1.165) is 36.6 Å². The molecule has 1 aliphatic heterocycles. The number of para-hydroxylation sites is 2. The van der Waals surface area contributed by atoms with Crippen molar-refractivity contribution in [2.45, 2.75) is 12.8 Å². The summed E-state index contributed by atoms with van der Waals surface area (Å²) < 4.78 is 5.71. The minimum Gasteiger partial charge on any atom is -0.491 e. The van der Waals surface area contributed by atoms with Gasteiger partial charge in [-0.2, -0.15) is 0 Å². The summed E-state index contributed by atoms with van der Waals surface area (Å²) in [4.78, 5) is 4.76. The molecule has 0 saturated heterocycles. The molecule has 0 fully saturated rings. The third-order valence-electron chi connectivity index (χ3n) is 3.04. The molecular formula is C16H15NO. The predicted octanol–water partition coefficient (Wildman–Crippen LogP) is 3.98. The second kappa shape index (κ2) is 5.05. The van der Waals surface area contributed by atoms with E-state index in [-0.39, 0.29) is 0 Å². The fourth-order valence-electron chi connectivity index (χ4n) is 2.13. The van der Waals surface area contributed by atoms with E-state index in [1.807, 2.05) is 30.3 Å². The molecule has 3 rings (SSSR count). The summed E-state index contributed by atoms with van der Waals surface area (Å²) in [7, 11) is 0. The van der Waals surface area contributed by atoms with Crippen molar-refractivity contribution in [1.29, 1.82) is 0 Å². The monoisotopic (exact) mass is 237 g/mol. The van der Waals surface area contributed by atoms with Gasteiger partial charge in [-0.1, -0.05) is 42.5 Å². The molecular weight excluding hydrogens is 222 g/mol. The number of nitrogens with zero attached hydrogens (tertiary/aromatic N) is 1. The molecule has 1 heterocycles. The predicted molar refractivity (Wildman–Crippen MR) is 73.8 cm³/mol. The van der Waals surface area contributed by atoms with Crippen LogP contribution in [0.3, 0.4) is 0 Å². The van der Waals surface area contributed by atoms with Gasteiger partial charge in [-0.3, -0.25) is 0 Å². The quantitative estimate of drug-likeness (QED) is 0.735. The minimum absolute atomic E-state index is 0.753. The van der Waals surface area contributed by atoms with E-state index in [4.69, 9.17) is 9.73 Å². The molecule has 1 aliphatic rings. The van der Waals surface area contributed by atoms with Crippen LogP contribution in [0.2, 0.25) is 0 Å². The van der Waals surface area contributed by atoms with Crippen LogP contribution in [0.5, 0.6) is 5.75 Å². The van der Waals surface area contributed by atoms with Crippen LogP contribution < -0.4 is 4.74 Å². The van der Waals surface area contributed by atoms with Gasteiger partial charge in [0.2, 0.25) is 0 Å². The molecule has 2 aromatic carbocycles. The zero-order valence-electron chi connectivity index (χ0n) is 10.2. The lowest BCUT2D eigenvalue weighted by Crippen LogP contribution is -2.07. The van der Waals surface area contributed by atoms with Gasteiger partial charge < -0.3 is 4.74 Å². The molecule has 0 spiro atoms. The minimum atomic E-state index is 0.753. The lowest BCUT2D eigenvalue weighted by molar-refractivity contribution is 0.313. The molecule has 0 radical (unpaired) electrons. The first kappa shape index (κ1) is 11.0. The van der Waals surface area contributed by atoms with E-state index >= 15 is 0 Å². The molecule has 0 bridgehead atoms. The van der Waals surface area contributed by atoms with Crippen LogP contribution >= 0.6 is 0 Å². The summed E-state index contributed by atoms with van der Waals surface area (Å²) in [5, 5.41) is 0. The van der Waals surface area contributed by atoms with Crippen molar-refractivity contribution in [3.8, 4) is 5.75 Å². The molecule has 2 heteroatoms. The molecule has 2 aromatic rings. The van der Waals surface area contributed by atoms with Gasteiger partial charge in [-0.15, -0.1) is 0 Å². The highest BCUT2D eigenvalue weighted by molar-refractivity contribution is 6.02. The van der Waals surface area contributed by atoms with Gasteiger partial charge in [0, 0.05) is 5.71 Å². The van der Waals surface area contributed by atoms with Crippen molar-refractivity contribution < 1.29 is 4.74 Å². The largest absolute Gasteiger partial charge is 0.491 e. The molecule has 2 nitrogen and oxygen atoms in total. The van der Waals surface area contributed by atoms with Crippen molar-refractivity contribution in [2.24, 2.45) is 4.99 Å². The first-order chi connectivity index (χ1) is 8.93. The number of fused-ring (bicyclic) bond motifs is 1. The van der Waals surface area contributed by atoms with Crippen molar-refractivity contribution in [3.05, 3.63) is 60.2 Å². The fraction of sp³-hybridized carbons (Fsp3) is 0.188. The van der Waals surface area contributed by atoms with Gasteiger partial charge in [0.05, 0.1) is 6.61 Å². The van der Waals surface area contributed by atoms with Crippen LogP contribution in [0.25, 0.3) is 0 Å². The summed E-state index contributed by atoms with van der Waals surface area (Å²) >= 11 is 0. The number of rotatable bonds is 1. The maximum absolute atomic E-state index is 5.71. The maximum atomic E-state index is 5.71. The zero-order valence-corrected chi connectivity index (χ0v) is 10.2. The van der Waals surface area contributed by atoms with Crippen molar-refractivity contribution >= 4 is 11.4 Å². The average molecular weight is 237 g/mol. The lowest BCUT2D eigenvalue weighted by atomic mass is 10.1. The molecule has 0 aromatic heterocycles. The smallest absolute Gasteiger partial charge is 0.144 e. The first-order valence-electron chi connectivity index (χ1n) is 6.28. The SMILES string of the molecule is c1ccc(C2=Nc3ccccc3OCCC2)cc1. The first-order valence-corrected chi connectivity index (χ1v) is 6.28. The van der Waals surface area contributed by atoms with Gasteiger partial charge >= 0.3 is 0 Å². The van der Waals surface area contributed by atoms with E-state index in [1.54, 1.807) is 0 Å². The molecule has 0 atom stereocenters. The maximum Gasteiger partial charge on any atom is 0.144 e. The third-order valence-corrected chi connectivity index (χ3v) is 3.04. The Bertz CT molecular complexity index is 560. The summed E-state index contributed by atoms with van der Waals surface area (Å²) in [6, 6.07) is 18.3. The van der Waals surface area contributed by atoms with Crippen LogP contribution in [0.4, 0.5) is 5.69 Å².